The Kier molecular flexibility index (Phi) is 10.8. The SMILES string of the molecule is CCCCCCCCCCC(COc1ccccc1)NN. The summed E-state index contributed by atoms with van der Waals surface area (Å²) in [5, 5.41) is 0. The fourth-order valence-electron chi connectivity index (χ4n) is 2.45. The standard InChI is InChI=1S/C18H32N2O/c1-2-3-4-5-6-7-8-10-13-17(20-19)16-21-18-14-11-9-12-15-18/h9,11-12,14-15,17,20H,2-8,10,13,16,19H2,1H3. The first-order valence-electron chi connectivity index (χ1n) is 8.50. The molecule has 3 nitrogen and oxygen atoms in total. The molecule has 1 rings (SSSR count). The number of hydrogen-bond acceptors (Lipinski definition) is 3. The first kappa shape index (κ1) is 18.0. The Morgan fingerprint density at radius 1 is 0.952 bits per heavy atom. The van der Waals surface area contributed by atoms with Crippen LogP contribution in [0, 0.1) is 0 Å². The van der Waals surface area contributed by atoms with E-state index in [1.807, 2.05) is 30.3 Å². The van der Waals surface area contributed by atoms with Gasteiger partial charge in [-0.05, 0) is 18.6 Å². The number of nitrogens with two attached hydrogens (primary N) is 1. The number of nitrogens with one attached hydrogen (secondary N) is 1. The Labute approximate surface area is 130 Å². The lowest BCUT2D eigenvalue weighted by molar-refractivity contribution is 0.254. The minimum Gasteiger partial charge on any atom is -0.492 e. The summed E-state index contributed by atoms with van der Waals surface area (Å²) in [5.41, 5.74) is 2.87. The molecule has 3 heteroatoms. The van der Waals surface area contributed by atoms with Crippen LogP contribution in [0.4, 0.5) is 0 Å². The third kappa shape index (κ3) is 9.48. The molecule has 0 aliphatic heterocycles. The summed E-state index contributed by atoms with van der Waals surface area (Å²) in [5.74, 6) is 6.51. The highest BCUT2D eigenvalue weighted by atomic mass is 16.5. The number of para-hydroxylation sites is 1. The first-order chi connectivity index (χ1) is 10.4. The molecule has 120 valence electrons. The van der Waals surface area contributed by atoms with Crippen LogP contribution in [0.25, 0.3) is 0 Å². The summed E-state index contributed by atoms with van der Waals surface area (Å²) < 4.78 is 5.74. The molecular formula is C18H32N2O. The van der Waals surface area contributed by atoms with E-state index in [9.17, 15) is 0 Å². The van der Waals surface area contributed by atoms with Crippen LogP contribution in [-0.4, -0.2) is 12.6 Å². The molecular weight excluding hydrogens is 260 g/mol. The Hall–Kier alpha value is -1.06. The van der Waals surface area contributed by atoms with Crippen molar-refractivity contribution in [2.24, 2.45) is 5.84 Å². The molecule has 3 N–H and O–H groups in total. The van der Waals surface area contributed by atoms with Gasteiger partial charge in [-0.3, -0.25) is 11.3 Å². The molecule has 1 aromatic rings. The van der Waals surface area contributed by atoms with Crippen LogP contribution in [0.5, 0.6) is 5.75 Å². The molecule has 1 unspecified atom stereocenters. The lowest BCUT2D eigenvalue weighted by Crippen LogP contribution is -2.39. The highest BCUT2D eigenvalue weighted by Crippen LogP contribution is 2.12. The van der Waals surface area contributed by atoms with Gasteiger partial charge in [-0.25, -0.2) is 0 Å². The van der Waals surface area contributed by atoms with Crippen LogP contribution >= 0.6 is 0 Å². The topological polar surface area (TPSA) is 47.3 Å². The lowest BCUT2D eigenvalue weighted by atomic mass is 10.1. The zero-order valence-electron chi connectivity index (χ0n) is 13.5. The number of hydrazine groups is 1. The van der Waals surface area contributed by atoms with Gasteiger partial charge < -0.3 is 4.74 Å². The average Bonchev–Trinajstić information content (AvgIpc) is 2.54. The molecule has 0 bridgehead atoms. The van der Waals surface area contributed by atoms with E-state index >= 15 is 0 Å². The molecule has 0 spiro atoms. The maximum Gasteiger partial charge on any atom is 0.119 e. The molecule has 0 fully saturated rings. The minimum atomic E-state index is 0.241. The van der Waals surface area contributed by atoms with Crippen LogP contribution in [0.15, 0.2) is 30.3 Å². The summed E-state index contributed by atoms with van der Waals surface area (Å²) in [7, 11) is 0. The molecule has 0 heterocycles. The Morgan fingerprint density at radius 3 is 2.19 bits per heavy atom. The molecule has 0 aliphatic rings. The Morgan fingerprint density at radius 2 is 1.57 bits per heavy atom. The van der Waals surface area contributed by atoms with Crippen molar-refractivity contribution in [2.75, 3.05) is 6.61 Å². The highest BCUT2D eigenvalue weighted by molar-refractivity contribution is 5.20. The van der Waals surface area contributed by atoms with Gasteiger partial charge in [0.2, 0.25) is 0 Å². The second kappa shape index (κ2) is 12.7. The molecule has 21 heavy (non-hydrogen) atoms. The van der Waals surface area contributed by atoms with Crippen LogP contribution < -0.4 is 16.0 Å². The van der Waals surface area contributed by atoms with E-state index < -0.39 is 0 Å². The number of rotatable bonds is 13. The van der Waals surface area contributed by atoms with Gasteiger partial charge in [0.15, 0.2) is 0 Å². The molecule has 0 radical (unpaired) electrons. The minimum absolute atomic E-state index is 0.241. The first-order valence-corrected chi connectivity index (χ1v) is 8.50. The third-order valence-electron chi connectivity index (χ3n) is 3.84. The van der Waals surface area contributed by atoms with Crippen molar-refractivity contribution < 1.29 is 4.74 Å². The van der Waals surface area contributed by atoms with Gasteiger partial charge in [0, 0.05) is 0 Å². The monoisotopic (exact) mass is 292 g/mol. The molecule has 0 aromatic heterocycles. The van der Waals surface area contributed by atoms with Crippen LogP contribution in [0.2, 0.25) is 0 Å². The summed E-state index contributed by atoms with van der Waals surface area (Å²) in [6.45, 7) is 2.90. The van der Waals surface area contributed by atoms with E-state index in [0.717, 1.165) is 12.2 Å². The summed E-state index contributed by atoms with van der Waals surface area (Å²) >= 11 is 0. The predicted molar refractivity (Wildman–Crippen MR) is 90.3 cm³/mol. The van der Waals surface area contributed by atoms with Crippen LogP contribution in [0.3, 0.4) is 0 Å². The smallest absolute Gasteiger partial charge is 0.119 e. The van der Waals surface area contributed by atoms with Gasteiger partial charge in [0.1, 0.15) is 12.4 Å². The van der Waals surface area contributed by atoms with Gasteiger partial charge in [-0.2, -0.15) is 0 Å². The summed E-state index contributed by atoms with van der Waals surface area (Å²) in [6.07, 6.45) is 11.8. The zero-order chi connectivity index (χ0) is 15.2. The van der Waals surface area contributed by atoms with Crippen LogP contribution in [0.1, 0.15) is 64.7 Å². The molecule has 0 amide bonds. The van der Waals surface area contributed by atoms with E-state index in [2.05, 4.69) is 12.3 Å². The number of ether oxygens (including phenoxy) is 1. The zero-order valence-corrected chi connectivity index (χ0v) is 13.5. The van der Waals surface area contributed by atoms with Gasteiger partial charge in [-0.1, -0.05) is 76.5 Å². The predicted octanol–water partition coefficient (Wildman–Crippen LogP) is 4.43. The molecule has 1 atom stereocenters. The van der Waals surface area contributed by atoms with Gasteiger partial charge in [0.25, 0.3) is 0 Å². The number of benzene rings is 1. The molecule has 0 aliphatic carbocycles. The van der Waals surface area contributed by atoms with E-state index in [1.165, 1.54) is 51.4 Å². The van der Waals surface area contributed by atoms with Gasteiger partial charge in [0.05, 0.1) is 6.04 Å². The van der Waals surface area contributed by atoms with Crippen LogP contribution in [-0.2, 0) is 0 Å². The van der Waals surface area contributed by atoms with Crippen molar-refractivity contribution in [2.45, 2.75) is 70.8 Å². The van der Waals surface area contributed by atoms with Crippen molar-refractivity contribution in [1.29, 1.82) is 0 Å². The van der Waals surface area contributed by atoms with E-state index in [0.29, 0.717) is 6.61 Å². The quantitative estimate of drug-likeness (QED) is 0.321. The van der Waals surface area contributed by atoms with Gasteiger partial charge in [-0.15, -0.1) is 0 Å². The van der Waals surface area contributed by atoms with Crippen molar-refractivity contribution in [3.8, 4) is 5.75 Å². The second-order valence-corrected chi connectivity index (χ2v) is 5.75. The largest absolute Gasteiger partial charge is 0.492 e. The Bertz CT molecular complexity index is 329. The number of hydrogen-bond donors (Lipinski definition) is 2. The fourth-order valence-corrected chi connectivity index (χ4v) is 2.45. The maximum atomic E-state index is 5.74. The molecule has 1 aromatic carbocycles. The van der Waals surface area contributed by atoms with Crippen molar-refractivity contribution in [1.82, 2.24) is 5.43 Å². The maximum absolute atomic E-state index is 5.74. The molecule has 0 saturated heterocycles. The molecule has 0 saturated carbocycles. The van der Waals surface area contributed by atoms with E-state index in [-0.39, 0.29) is 6.04 Å². The average molecular weight is 292 g/mol. The Balaban J connectivity index is 2.01. The summed E-state index contributed by atoms with van der Waals surface area (Å²) in [4.78, 5) is 0. The van der Waals surface area contributed by atoms with Crippen molar-refractivity contribution in [3.63, 3.8) is 0 Å². The lowest BCUT2D eigenvalue weighted by Gasteiger charge is -2.16. The highest BCUT2D eigenvalue weighted by Gasteiger charge is 2.07. The van der Waals surface area contributed by atoms with E-state index in [1.54, 1.807) is 0 Å². The fraction of sp³-hybridized carbons (Fsp3) is 0.667. The van der Waals surface area contributed by atoms with E-state index in [4.69, 9.17) is 10.6 Å². The summed E-state index contributed by atoms with van der Waals surface area (Å²) in [6, 6.07) is 10.2. The van der Waals surface area contributed by atoms with Crippen molar-refractivity contribution in [3.05, 3.63) is 30.3 Å². The normalized spacial score (nSPS) is 12.3. The van der Waals surface area contributed by atoms with Crippen molar-refractivity contribution >= 4 is 0 Å². The second-order valence-electron chi connectivity index (χ2n) is 5.75. The number of unbranched alkanes of at least 4 members (excludes halogenated alkanes) is 7. The van der Waals surface area contributed by atoms with Gasteiger partial charge >= 0.3 is 0 Å². The third-order valence-corrected chi connectivity index (χ3v) is 3.84.